The van der Waals surface area contributed by atoms with Gasteiger partial charge in [0.15, 0.2) is 0 Å². The van der Waals surface area contributed by atoms with Crippen molar-refractivity contribution in [2.75, 3.05) is 25.6 Å². The minimum atomic E-state index is -4.51. The Labute approximate surface area is 100 Å². The third-order valence-corrected chi connectivity index (χ3v) is 2.54. The summed E-state index contributed by atoms with van der Waals surface area (Å²) in [5, 5.41) is 2.93. The van der Waals surface area contributed by atoms with Gasteiger partial charge in [-0.3, -0.25) is 0 Å². The summed E-state index contributed by atoms with van der Waals surface area (Å²) in [6.07, 6.45) is -3.93. The molecule has 0 bridgehead atoms. The van der Waals surface area contributed by atoms with E-state index in [9.17, 15) is 13.2 Å². The zero-order chi connectivity index (χ0) is 12.9. The lowest BCUT2D eigenvalue weighted by Crippen LogP contribution is -2.27. The number of ether oxygens (including phenoxy) is 1. The number of aromatic nitrogens is 2. The van der Waals surface area contributed by atoms with Crippen molar-refractivity contribution < 1.29 is 17.9 Å². The number of nitrogens with two attached hydrogens (primary N) is 1. The zero-order valence-electron chi connectivity index (χ0n) is 9.12. The van der Waals surface area contributed by atoms with E-state index in [4.69, 9.17) is 10.5 Å². The molecule has 3 N–H and O–H groups in total. The van der Waals surface area contributed by atoms with Crippen molar-refractivity contribution in [1.82, 2.24) is 9.36 Å². The fraction of sp³-hybridized carbons (Fsp3) is 0.750. The SMILES string of the molecule is COCC(CCN)Nc1nc(C(F)(F)F)ns1. The van der Waals surface area contributed by atoms with Gasteiger partial charge in [0.1, 0.15) is 0 Å². The Morgan fingerprint density at radius 2 is 2.24 bits per heavy atom. The fourth-order valence-corrected chi connectivity index (χ4v) is 1.84. The zero-order valence-corrected chi connectivity index (χ0v) is 9.94. The smallest absolute Gasteiger partial charge is 0.383 e. The standard InChI is InChI=1S/C8H13F3N4OS/c1-16-4-5(2-3-12)13-7-14-6(15-17-7)8(9,10)11/h5H,2-4,12H2,1H3,(H,13,14,15). The number of hydrogen-bond donors (Lipinski definition) is 2. The summed E-state index contributed by atoms with van der Waals surface area (Å²) in [5.74, 6) is -1.13. The third kappa shape index (κ3) is 4.44. The Hall–Kier alpha value is -0.930. The molecule has 5 nitrogen and oxygen atoms in total. The molecule has 0 aromatic carbocycles. The molecule has 0 radical (unpaired) electrons. The largest absolute Gasteiger partial charge is 0.452 e. The molecule has 0 spiro atoms. The van der Waals surface area contributed by atoms with Gasteiger partial charge in [-0.1, -0.05) is 0 Å². The number of nitrogens with zero attached hydrogens (tertiary/aromatic N) is 2. The molecule has 1 unspecified atom stereocenters. The number of hydrogen-bond acceptors (Lipinski definition) is 6. The van der Waals surface area contributed by atoms with Crippen molar-refractivity contribution in [2.24, 2.45) is 5.73 Å². The first-order chi connectivity index (χ1) is 7.97. The van der Waals surface area contributed by atoms with Crippen LogP contribution in [0.25, 0.3) is 0 Å². The molecule has 1 rings (SSSR count). The van der Waals surface area contributed by atoms with Crippen LogP contribution in [0.4, 0.5) is 18.3 Å². The summed E-state index contributed by atoms with van der Waals surface area (Å²) >= 11 is 0.668. The Morgan fingerprint density at radius 3 is 2.71 bits per heavy atom. The number of nitrogens with one attached hydrogen (secondary N) is 1. The van der Waals surface area contributed by atoms with Gasteiger partial charge in [0.25, 0.3) is 0 Å². The van der Waals surface area contributed by atoms with E-state index in [1.165, 1.54) is 7.11 Å². The molecule has 0 aliphatic heterocycles. The van der Waals surface area contributed by atoms with Crippen LogP contribution in [0, 0.1) is 0 Å². The molecule has 17 heavy (non-hydrogen) atoms. The van der Waals surface area contributed by atoms with Crippen molar-refractivity contribution in [1.29, 1.82) is 0 Å². The van der Waals surface area contributed by atoms with Crippen LogP contribution in [-0.2, 0) is 10.9 Å². The molecule has 1 heterocycles. The molecule has 0 saturated carbocycles. The van der Waals surface area contributed by atoms with Crippen LogP contribution in [0.1, 0.15) is 12.2 Å². The van der Waals surface area contributed by atoms with Crippen molar-refractivity contribution >= 4 is 16.7 Å². The minimum absolute atomic E-state index is 0.118. The van der Waals surface area contributed by atoms with E-state index in [-0.39, 0.29) is 11.2 Å². The highest BCUT2D eigenvalue weighted by molar-refractivity contribution is 7.09. The van der Waals surface area contributed by atoms with Crippen LogP contribution in [0.15, 0.2) is 0 Å². The van der Waals surface area contributed by atoms with Gasteiger partial charge >= 0.3 is 6.18 Å². The molecule has 0 aliphatic carbocycles. The topological polar surface area (TPSA) is 73.1 Å². The predicted octanol–water partition coefficient (Wildman–Crippen LogP) is 1.33. The average Bonchev–Trinajstić information content (AvgIpc) is 2.66. The van der Waals surface area contributed by atoms with E-state index >= 15 is 0 Å². The van der Waals surface area contributed by atoms with Crippen LogP contribution in [0.2, 0.25) is 0 Å². The van der Waals surface area contributed by atoms with E-state index in [2.05, 4.69) is 14.7 Å². The maximum Gasteiger partial charge on any atom is 0.452 e. The highest BCUT2D eigenvalue weighted by Gasteiger charge is 2.36. The summed E-state index contributed by atoms with van der Waals surface area (Å²) in [6, 6.07) is -0.168. The normalized spacial score (nSPS) is 13.7. The first-order valence-electron chi connectivity index (χ1n) is 4.83. The number of rotatable bonds is 6. The lowest BCUT2D eigenvalue weighted by atomic mass is 10.2. The second-order valence-corrected chi connectivity index (χ2v) is 4.05. The molecule has 1 atom stereocenters. The van der Waals surface area contributed by atoms with Gasteiger partial charge in [0.05, 0.1) is 12.6 Å². The number of halogens is 3. The molecule has 1 aromatic rings. The molecule has 9 heteroatoms. The Morgan fingerprint density at radius 1 is 1.53 bits per heavy atom. The average molecular weight is 270 g/mol. The van der Waals surface area contributed by atoms with Crippen molar-refractivity contribution in [3.05, 3.63) is 5.82 Å². The molecular weight excluding hydrogens is 257 g/mol. The monoisotopic (exact) mass is 270 g/mol. The van der Waals surface area contributed by atoms with Gasteiger partial charge in [-0.15, -0.1) is 0 Å². The molecule has 1 aromatic heterocycles. The lowest BCUT2D eigenvalue weighted by molar-refractivity contribution is -0.144. The van der Waals surface area contributed by atoms with E-state index in [0.717, 1.165) is 0 Å². The van der Waals surface area contributed by atoms with Gasteiger partial charge < -0.3 is 15.8 Å². The maximum atomic E-state index is 12.2. The lowest BCUT2D eigenvalue weighted by Gasteiger charge is -2.15. The van der Waals surface area contributed by atoms with Crippen LogP contribution >= 0.6 is 11.5 Å². The van der Waals surface area contributed by atoms with Gasteiger partial charge in [-0.05, 0) is 13.0 Å². The number of anilines is 1. The van der Waals surface area contributed by atoms with Crippen molar-refractivity contribution in [2.45, 2.75) is 18.6 Å². The summed E-state index contributed by atoms with van der Waals surface area (Å²) in [7, 11) is 1.51. The Kier molecular flexibility index (Phi) is 5.09. The van der Waals surface area contributed by atoms with E-state index in [1.807, 2.05) is 0 Å². The second kappa shape index (κ2) is 6.12. The van der Waals surface area contributed by atoms with E-state index < -0.39 is 12.0 Å². The van der Waals surface area contributed by atoms with Crippen molar-refractivity contribution in [3.63, 3.8) is 0 Å². The summed E-state index contributed by atoms with van der Waals surface area (Å²) in [5.41, 5.74) is 5.38. The van der Waals surface area contributed by atoms with Gasteiger partial charge in [0.2, 0.25) is 11.0 Å². The Balaban J connectivity index is 2.63. The van der Waals surface area contributed by atoms with Crippen LogP contribution < -0.4 is 11.1 Å². The van der Waals surface area contributed by atoms with E-state index in [1.54, 1.807) is 0 Å². The summed E-state index contributed by atoms with van der Waals surface area (Å²) < 4.78 is 44.9. The molecule has 0 aliphatic rings. The van der Waals surface area contributed by atoms with Gasteiger partial charge in [0, 0.05) is 18.6 Å². The highest BCUT2D eigenvalue weighted by atomic mass is 32.1. The number of methoxy groups -OCH3 is 1. The molecule has 0 amide bonds. The second-order valence-electron chi connectivity index (χ2n) is 3.29. The molecule has 98 valence electrons. The maximum absolute atomic E-state index is 12.2. The molecule has 0 fully saturated rings. The quantitative estimate of drug-likeness (QED) is 0.816. The Bertz CT molecular complexity index is 338. The highest BCUT2D eigenvalue weighted by Crippen LogP contribution is 2.29. The van der Waals surface area contributed by atoms with Crippen LogP contribution in [0.5, 0.6) is 0 Å². The first-order valence-corrected chi connectivity index (χ1v) is 5.61. The summed E-state index contributed by atoms with van der Waals surface area (Å²) in [4.78, 5) is 3.36. The van der Waals surface area contributed by atoms with Crippen LogP contribution in [0.3, 0.4) is 0 Å². The van der Waals surface area contributed by atoms with Gasteiger partial charge in [-0.25, -0.2) is 0 Å². The third-order valence-electron chi connectivity index (χ3n) is 1.89. The molecule has 0 saturated heterocycles. The number of alkyl halides is 3. The fourth-order valence-electron chi connectivity index (χ4n) is 1.17. The van der Waals surface area contributed by atoms with Crippen molar-refractivity contribution in [3.8, 4) is 0 Å². The predicted molar refractivity (Wildman–Crippen MR) is 57.9 cm³/mol. The van der Waals surface area contributed by atoms with E-state index in [0.29, 0.717) is 31.1 Å². The first kappa shape index (κ1) is 14.1. The summed E-state index contributed by atoms with van der Waals surface area (Å²) in [6.45, 7) is 0.754. The minimum Gasteiger partial charge on any atom is -0.383 e. The van der Waals surface area contributed by atoms with Crippen LogP contribution in [-0.4, -0.2) is 35.7 Å². The molecular formula is C8H13F3N4OS. The van der Waals surface area contributed by atoms with Gasteiger partial charge in [-0.2, -0.15) is 22.5 Å².